The molecule has 3 atom stereocenters. The van der Waals surface area contributed by atoms with E-state index in [4.69, 9.17) is 35.7 Å². The third-order valence-electron chi connectivity index (χ3n) is 9.77. The number of primary amides is 1. The summed E-state index contributed by atoms with van der Waals surface area (Å²) in [5.41, 5.74) is 2.33. The Morgan fingerprint density at radius 3 is 2.70 bits per heavy atom. The zero-order chi connectivity index (χ0) is 41.1. The smallest absolute Gasteiger partial charge is 0.410 e. The van der Waals surface area contributed by atoms with Gasteiger partial charge in [0, 0.05) is 55.1 Å². The molecule has 6 rings (SSSR count). The molecule has 1 amide bonds. The van der Waals surface area contributed by atoms with Crippen molar-refractivity contribution >= 4 is 55.8 Å². The Morgan fingerprint density at radius 2 is 2.04 bits per heavy atom. The van der Waals surface area contributed by atoms with Crippen LogP contribution in [0.1, 0.15) is 56.3 Å². The van der Waals surface area contributed by atoms with E-state index in [2.05, 4.69) is 16.0 Å². The molecule has 2 aromatic heterocycles. The molecule has 53 heavy (non-hydrogen) atoms. The number of nitrogens with two attached hydrogens (primary N) is 1. The number of aromatic nitrogens is 2. The van der Waals surface area contributed by atoms with E-state index in [0.717, 1.165) is 16.2 Å². The van der Waals surface area contributed by atoms with Crippen molar-refractivity contribution in [1.82, 2.24) is 14.9 Å². The first-order valence-electron chi connectivity index (χ1n) is 18.4. The lowest BCUT2D eigenvalue weighted by molar-refractivity contribution is -0.0679. The van der Waals surface area contributed by atoms with Crippen LogP contribution in [-0.4, -0.2) is 91.1 Å². The molecule has 11 nitrogen and oxygen atoms in total. The number of likely N-dealkylation sites (tertiary alicyclic amines) is 1. The lowest BCUT2D eigenvalue weighted by Gasteiger charge is -2.44. The third-order valence-corrected chi connectivity index (χ3v) is 11.1. The summed E-state index contributed by atoms with van der Waals surface area (Å²) in [5.74, 6) is -2.03. The number of carbonyl (C=O) groups is 1. The van der Waals surface area contributed by atoms with Crippen LogP contribution in [-0.2, 0) is 10.2 Å². The molecule has 0 spiro atoms. The maximum Gasteiger partial charge on any atom is 0.410 e. The SMILES string of the molecule is [2H]C([2H])([2H])N1CC[C@H](C(F)F)[C@](C)(COc2nc(N3CCOC[C@@](C)(O)C3)c3cc(Cl)c(-c4c(C(C)(C)C)ccc5sc(OC(N)=O)c(C#N)c45)c(F)c3n2)C1. The molecule has 0 aliphatic carbocycles. The van der Waals surface area contributed by atoms with Gasteiger partial charge in [-0.15, -0.1) is 0 Å². The predicted molar refractivity (Wildman–Crippen MR) is 198 cm³/mol. The number of hydrogen-bond donors (Lipinski definition) is 2. The zero-order valence-corrected chi connectivity index (χ0v) is 31.4. The van der Waals surface area contributed by atoms with Gasteiger partial charge in [-0.3, -0.25) is 0 Å². The van der Waals surface area contributed by atoms with Crippen LogP contribution in [0.25, 0.3) is 32.1 Å². The summed E-state index contributed by atoms with van der Waals surface area (Å²) in [6, 6.07) is 6.67. The van der Waals surface area contributed by atoms with Gasteiger partial charge in [0.25, 0.3) is 0 Å². The fourth-order valence-corrected chi connectivity index (χ4v) is 8.59. The molecular formula is C37H42ClF3N6O5S. The Balaban J connectivity index is 1.59. The second kappa shape index (κ2) is 14.4. The van der Waals surface area contributed by atoms with Gasteiger partial charge in [0.2, 0.25) is 11.5 Å². The minimum absolute atomic E-state index is 0.00515. The van der Waals surface area contributed by atoms with E-state index in [1.54, 1.807) is 24.0 Å². The van der Waals surface area contributed by atoms with Crippen molar-refractivity contribution in [3.63, 3.8) is 0 Å². The number of carbonyl (C=O) groups excluding carboxylic acids is 1. The fraction of sp³-hybridized carbons (Fsp3) is 0.514. The van der Waals surface area contributed by atoms with Crippen LogP contribution in [0.3, 0.4) is 0 Å². The fourth-order valence-electron chi connectivity index (χ4n) is 7.29. The number of nitriles is 1. The molecule has 2 aliphatic rings. The second-order valence-corrected chi connectivity index (χ2v) is 16.7. The predicted octanol–water partition coefficient (Wildman–Crippen LogP) is 7.12. The molecule has 284 valence electrons. The van der Waals surface area contributed by atoms with Crippen LogP contribution in [0.15, 0.2) is 18.2 Å². The Hall–Kier alpha value is -3.94. The summed E-state index contributed by atoms with van der Waals surface area (Å²) in [5, 5.41) is 21.7. The normalized spacial score (nSPS) is 24.1. The van der Waals surface area contributed by atoms with E-state index in [0.29, 0.717) is 10.3 Å². The minimum Gasteiger partial charge on any atom is -0.463 e. The number of fused-ring (bicyclic) bond motifs is 2. The molecule has 16 heteroatoms. The summed E-state index contributed by atoms with van der Waals surface area (Å²) in [7, 11) is 0. The summed E-state index contributed by atoms with van der Waals surface area (Å²) < 4.78 is 87.7. The first-order valence-corrected chi connectivity index (χ1v) is 18.1. The summed E-state index contributed by atoms with van der Waals surface area (Å²) in [4.78, 5) is 23.7. The Bertz CT molecular complexity index is 2230. The number of aliphatic hydroxyl groups is 1. The van der Waals surface area contributed by atoms with Crippen molar-refractivity contribution in [3.8, 4) is 28.3 Å². The molecule has 2 fully saturated rings. The lowest BCUT2D eigenvalue weighted by Crippen LogP contribution is -2.51. The van der Waals surface area contributed by atoms with Gasteiger partial charge in [-0.05, 0) is 50.0 Å². The van der Waals surface area contributed by atoms with Crippen molar-refractivity contribution < 1.29 is 41.4 Å². The van der Waals surface area contributed by atoms with Crippen molar-refractivity contribution in [2.45, 2.75) is 58.5 Å². The Labute approximate surface area is 318 Å². The van der Waals surface area contributed by atoms with Crippen LogP contribution in [0.4, 0.5) is 23.8 Å². The molecule has 0 saturated carbocycles. The largest absolute Gasteiger partial charge is 0.463 e. The van der Waals surface area contributed by atoms with Gasteiger partial charge in [0.15, 0.2) is 5.82 Å². The first-order chi connectivity index (χ1) is 26.0. The minimum atomic E-state index is -2.78. The molecule has 3 N–H and O–H groups in total. The number of piperidine rings is 1. The van der Waals surface area contributed by atoms with Gasteiger partial charge >= 0.3 is 12.1 Å². The molecule has 0 unspecified atom stereocenters. The number of thiophene rings is 1. The number of rotatable bonds is 7. The highest BCUT2D eigenvalue weighted by molar-refractivity contribution is 7.21. The van der Waals surface area contributed by atoms with E-state index in [1.165, 1.54) is 13.0 Å². The number of hydrogen-bond acceptors (Lipinski definition) is 11. The number of anilines is 1. The van der Waals surface area contributed by atoms with Crippen LogP contribution >= 0.6 is 22.9 Å². The number of benzene rings is 2. The van der Waals surface area contributed by atoms with Crippen LogP contribution in [0, 0.1) is 28.5 Å². The summed E-state index contributed by atoms with van der Waals surface area (Å²) >= 11 is 8.02. The van der Waals surface area contributed by atoms with E-state index in [-0.39, 0.29) is 101 Å². The monoisotopic (exact) mass is 777 g/mol. The second-order valence-electron chi connectivity index (χ2n) is 15.2. The Kier molecular flexibility index (Phi) is 9.44. The first kappa shape index (κ1) is 34.8. The van der Waals surface area contributed by atoms with Crippen molar-refractivity contribution in [1.29, 1.82) is 5.26 Å². The highest BCUT2D eigenvalue weighted by atomic mass is 35.5. The molecule has 2 saturated heterocycles. The highest BCUT2D eigenvalue weighted by Gasteiger charge is 2.44. The number of amides is 1. The van der Waals surface area contributed by atoms with E-state index in [1.807, 2.05) is 20.8 Å². The topological polar surface area (TPSA) is 147 Å². The van der Waals surface area contributed by atoms with Gasteiger partial charge in [-0.2, -0.15) is 15.2 Å². The van der Waals surface area contributed by atoms with Gasteiger partial charge in [-0.25, -0.2) is 18.0 Å². The number of nitrogens with zero attached hydrogens (tertiary/aromatic N) is 5. The summed E-state index contributed by atoms with van der Waals surface area (Å²) in [6.45, 7) is 5.92. The Morgan fingerprint density at radius 1 is 1.28 bits per heavy atom. The highest BCUT2D eigenvalue weighted by Crippen LogP contribution is 2.50. The van der Waals surface area contributed by atoms with Crippen LogP contribution in [0.2, 0.25) is 5.02 Å². The maximum atomic E-state index is 17.7. The average Bonchev–Trinajstić information content (AvgIpc) is 3.33. The third kappa shape index (κ3) is 7.57. The molecule has 4 heterocycles. The molecule has 4 aromatic rings. The molecular weight excluding hydrogens is 733 g/mol. The number of halogens is 4. The zero-order valence-electron chi connectivity index (χ0n) is 32.9. The molecule has 0 radical (unpaired) electrons. The number of ether oxygens (including phenoxy) is 3. The molecule has 0 bridgehead atoms. The van der Waals surface area contributed by atoms with Crippen molar-refractivity contribution in [3.05, 3.63) is 40.2 Å². The van der Waals surface area contributed by atoms with Gasteiger partial charge in [-0.1, -0.05) is 56.7 Å². The maximum absolute atomic E-state index is 17.7. The molecule has 2 aliphatic heterocycles. The number of alkyl halides is 2. The van der Waals surface area contributed by atoms with E-state index in [9.17, 15) is 23.9 Å². The van der Waals surface area contributed by atoms with Gasteiger partial charge in [0.05, 0.1) is 31.4 Å². The lowest BCUT2D eigenvalue weighted by atomic mass is 9.73. The van der Waals surface area contributed by atoms with E-state index >= 15 is 4.39 Å². The van der Waals surface area contributed by atoms with Crippen molar-refractivity contribution in [2.24, 2.45) is 17.1 Å². The van der Waals surface area contributed by atoms with Crippen LogP contribution in [0.5, 0.6) is 11.1 Å². The summed E-state index contributed by atoms with van der Waals surface area (Å²) in [6.07, 6.45) is -4.01. The van der Waals surface area contributed by atoms with Crippen LogP contribution < -0.4 is 20.1 Å². The standard InChI is InChI=1S/C37H42ClF3N6O5S/c1-35(2,3)21-7-8-24-25(20(14-42)32(53-24)52-33(43)48)26(21)27-23(38)13-19-29(28(27)39)44-34(45-31(19)47-11-12-50-18-37(5,49)16-47)51-17-36(4)15-46(6)10-9-22(36)30(40)41/h7-8,13,22,30,49H,9-12,15-18H2,1-6H3,(H2,43,48)/t22-,36+,37+/m1/s1/i6D3. The quantitative estimate of drug-likeness (QED) is 0.199. The average molecular weight is 778 g/mol. The van der Waals surface area contributed by atoms with Crippen molar-refractivity contribution in [2.75, 3.05) is 57.9 Å². The molecule has 2 aromatic carbocycles. The van der Waals surface area contributed by atoms with Gasteiger partial charge < -0.3 is 34.9 Å². The van der Waals surface area contributed by atoms with Gasteiger partial charge in [0.1, 0.15) is 28.6 Å². The number of β-amino-alcohol motifs (C(OH)–C–C–N with tert-alkyl or cyclic N) is 1. The van der Waals surface area contributed by atoms with E-state index < -0.39 is 54.3 Å².